The maximum atomic E-state index is 9.87. The van der Waals surface area contributed by atoms with Gasteiger partial charge in [-0.25, -0.2) is 0 Å². The summed E-state index contributed by atoms with van der Waals surface area (Å²) in [5, 5.41) is 20.1. The lowest BCUT2D eigenvalue weighted by Crippen LogP contribution is -1.71. The summed E-state index contributed by atoms with van der Waals surface area (Å²) in [5.74, 6) is 0.642. The quantitative estimate of drug-likeness (QED) is 0.510. The first-order valence-electron chi connectivity index (χ1n) is 5.96. The van der Waals surface area contributed by atoms with Crippen LogP contribution in [-0.4, -0.2) is 11.4 Å². The van der Waals surface area contributed by atoms with Crippen LogP contribution in [0.15, 0.2) is 50.5 Å². The lowest BCUT2D eigenvalue weighted by atomic mass is 10.4. The molecule has 3 heterocycles. The molecule has 0 radical (unpaired) electrons. The Labute approximate surface area is 141 Å². The van der Waals surface area contributed by atoms with Gasteiger partial charge in [0.2, 0.25) is 0 Å². The molecule has 0 aromatic carbocycles. The second-order valence-electron chi connectivity index (χ2n) is 3.73. The molecule has 6 heteroatoms. The SMILES string of the molecule is ClCc1ccsc1.O=Cc1ccsc1.OCc1ccsc1. The van der Waals surface area contributed by atoms with Gasteiger partial charge in [0.15, 0.2) is 6.29 Å². The van der Waals surface area contributed by atoms with Crippen LogP contribution in [0.1, 0.15) is 21.5 Å². The van der Waals surface area contributed by atoms with E-state index in [0.29, 0.717) is 5.88 Å². The topological polar surface area (TPSA) is 37.3 Å². The van der Waals surface area contributed by atoms with Gasteiger partial charge in [-0.15, -0.1) is 11.6 Å². The molecule has 0 saturated heterocycles. The summed E-state index contributed by atoms with van der Waals surface area (Å²) in [5.41, 5.74) is 2.99. The Kier molecular flexibility index (Phi) is 10.0. The molecule has 112 valence electrons. The summed E-state index contributed by atoms with van der Waals surface area (Å²) in [6.45, 7) is 0.170. The van der Waals surface area contributed by atoms with Crippen LogP contribution in [0.4, 0.5) is 0 Å². The molecule has 3 aromatic rings. The number of hydrogen-bond acceptors (Lipinski definition) is 5. The van der Waals surface area contributed by atoms with Gasteiger partial charge in [-0.2, -0.15) is 34.0 Å². The normalized spacial score (nSPS) is 9.05. The monoisotopic (exact) mass is 358 g/mol. The highest BCUT2D eigenvalue weighted by atomic mass is 35.5. The van der Waals surface area contributed by atoms with Gasteiger partial charge in [0.25, 0.3) is 0 Å². The van der Waals surface area contributed by atoms with Gasteiger partial charge in [-0.3, -0.25) is 4.79 Å². The summed E-state index contributed by atoms with van der Waals surface area (Å²) in [4.78, 5) is 9.87. The van der Waals surface area contributed by atoms with E-state index >= 15 is 0 Å². The third-order valence-electron chi connectivity index (χ3n) is 2.18. The second-order valence-corrected chi connectivity index (χ2v) is 6.34. The number of thiophene rings is 3. The fraction of sp³-hybridized carbons (Fsp3) is 0.133. The molecule has 21 heavy (non-hydrogen) atoms. The number of hydrogen-bond donors (Lipinski definition) is 1. The molecular formula is C15H15ClO2S3. The minimum absolute atomic E-state index is 0.170. The smallest absolute Gasteiger partial charge is 0.150 e. The minimum atomic E-state index is 0.170. The molecule has 0 aliphatic rings. The van der Waals surface area contributed by atoms with E-state index in [1.807, 2.05) is 44.4 Å². The van der Waals surface area contributed by atoms with Crippen molar-refractivity contribution in [3.8, 4) is 0 Å². The van der Waals surface area contributed by atoms with Crippen LogP contribution in [0, 0.1) is 0 Å². The molecule has 0 fully saturated rings. The average molecular weight is 359 g/mol. The van der Waals surface area contributed by atoms with Gasteiger partial charge < -0.3 is 5.11 Å². The Bertz CT molecular complexity index is 526. The highest BCUT2D eigenvalue weighted by Gasteiger charge is 1.84. The molecule has 1 N–H and O–H groups in total. The third kappa shape index (κ3) is 8.14. The van der Waals surface area contributed by atoms with E-state index < -0.39 is 0 Å². The first-order chi connectivity index (χ1) is 10.3. The maximum absolute atomic E-state index is 9.87. The van der Waals surface area contributed by atoms with Crippen molar-refractivity contribution in [1.29, 1.82) is 0 Å². The van der Waals surface area contributed by atoms with Crippen LogP contribution in [-0.2, 0) is 12.5 Å². The summed E-state index contributed by atoms with van der Waals surface area (Å²) >= 11 is 10.3. The number of aldehydes is 1. The number of carbonyl (C=O) groups is 1. The van der Waals surface area contributed by atoms with Crippen molar-refractivity contribution in [2.24, 2.45) is 0 Å². The average Bonchev–Trinajstić information content (AvgIpc) is 3.31. The molecule has 0 unspecified atom stereocenters. The molecule has 0 amide bonds. The van der Waals surface area contributed by atoms with Crippen LogP contribution in [0.25, 0.3) is 0 Å². The lowest BCUT2D eigenvalue weighted by molar-refractivity contribution is 0.112. The number of rotatable bonds is 3. The molecule has 0 bridgehead atoms. The predicted octanol–water partition coefficient (Wildman–Crippen LogP) is 5.29. The van der Waals surface area contributed by atoms with Crippen LogP contribution in [0.3, 0.4) is 0 Å². The van der Waals surface area contributed by atoms with Crippen molar-refractivity contribution >= 4 is 51.9 Å². The van der Waals surface area contributed by atoms with Gasteiger partial charge in [-0.05, 0) is 56.2 Å². The summed E-state index contributed by atoms with van der Waals surface area (Å²) in [6.07, 6.45) is 0.844. The number of halogens is 1. The molecule has 0 aliphatic carbocycles. The second kappa shape index (κ2) is 11.7. The van der Waals surface area contributed by atoms with Crippen molar-refractivity contribution in [3.63, 3.8) is 0 Å². The van der Waals surface area contributed by atoms with E-state index in [4.69, 9.17) is 16.7 Å². The zero-order chi connectivity index (χ0) is 15.3. The largest absolute Gasteiger partial charge is 0.392 e. The molecule has 3 aromatic heterocycles. The number of alkyl halides is 1. The van der Waals surface area contributed by atoms with Crippen LogP contribution < -0.4 is 0 Å². The fourth-order valence-electron chi connectivity index (χ4n) is 1.09. The Hall–Kier alpha value is -0.980. The highest BCUT2D eigenvalue weighted by Crippen LogP contribution is 2.07. The van der Waals surface area contributed by atoms with Gasteiger partial charge in [-0.1, -0.05) is 0 Å². The standard InChI is InChI=1S/C5H5ClS.C5H6OS.C5H4OS/c3*6-3-5-1-2-7-4-5/h1-2,4H,3H2;1-2,4,6H,3H2;1-4H. The van der Waals surface area contributed by atoms with E-state index in [1.165, 1.54) is 16.9 Å². The summed E-state index contributed by atoms with van der Waals surface area (Å²) < 4.78 is 0. The van der Waals surface area contributed by atoms with Crippen molar-refractivity contribution < 1.29 is 9.90 Å². The molecule has 0 saturated carbocycles. The van der Waals surface area contributed by atoms with Crippen molar-refractivity contribution in [2.75, 3.05) is 0 Å². The van der Waals surface area contributed by atoms with Crippen molar-refractivity contribution in [2.45, 2.75) is 12.5 Å². The van der Waals surface area contributed by atoms with Gasteiger partial charge in [0.05, 0.1) is 6.61 Å². The highest BCUT2D eigenvalue weighted by molar-refractivity contribution is 7.08. The first kappa shape index (κ1) is 18.1. The fourth-order valence-corrected chi connectivity index (χ4v) is 3.29. The molecule has 0 aliphatic heterocycles. The Morgan fingerprint density at radius 3 is 1.76 bits per heavy atom. The number of carbonyl (C=O) groups excluding carboxylic acids is 1. The number of aliphatic hydroxyl groups is 1. The van der Waals surface area contributed by atoms with E-state index in [1.54, 1.807) is 28.7 Å². The van der Waals surface area contributed by atoms with Gasteiger partial charge in [0.1, 0.15) is 0 Å². The molecule has 0 spiro atoms. The Balaban J connectivity index is 0.000000157. The molecule has 3 rings (SSSR count). The van der Waals surface area contributed by atoms with Crippen molar-refractivity contribution in [1.82, 2.24) is 0 Å². The van der Waals surface area contributed by atoms with Crippen LogP contribution >= 0.6 is 45.6 Å². The van der Waals surface area contributed by atoms with Crippen molar-refractivity contribution in [3.05, 3.63) is 67.2 Å². The third-order valence-corrected chi connectivity index (χ3v) is 4.65. The number of aliphatic hydroxyl groups excluding tert-OH is 1. The lowest BCUT2D eigenvalue weighted by Gasteiger charge is -1.78. The predicted molar refractivity (Wildman–Crippen MR) is 93.8 cm³/mol. The van der Waals surface area contributed by atoms with E-state index in [-0.39, 0.29) is 6.61 Å². The Morgan fingerprint density at radius 2 is 1.52 bits per heavy atom. The van der Waals surface area contributed by atoms with Crippen LogP contribution in [0.5, 0.6) is 0 Å². The zero-order valence-corrected chi connectivity index (χ0v) is 14.4. The minimum Gasteiger partial charge on any atom is -0.392 e. The first-order valence-corrected chi connectivity index (χ1v) is 9.32. The van der Waals surface area contributed by atoms with E-state index in [0.717, 1.165) is 17.4 Å². The van der Waals surface area contributed by atoms with Crippen LogP contribution in [0.2, 0.25) is 0 Å². The summed E-state index contributed by atoms with van der Waals surface area (Å²) in [6, 6.07) is 5.72. The molecule has 2 nitrogen and oxygen atoms in total. The van der Waals surface area contributed by atoms with Gasteiger partial charge >= 0.3 is 0 Å². The molecular weight excluding hydrogens is 344 g/mol. The zero-order valence-electron chi connectivity index (χ0n) is 11.1. The maximum Gasteiger partial charge on any atom is 0.150 e. The van der Waals surface area contributed by atoms with Gasteiger partial charge in [0, 0.05) is 16.8 Å². The molecule has 0 atom stereocenters. The van der Waals surface area contributed by atoms with E-state index in [9.17, 15) is 4.79 Å². The Morgan fingerprint density at radius 1 is 0.952 bits per heavy atom. The summed E-state index contributed by atoms with van der Waals surface area (Å²) in [7, 11) is 0. The van der Waals surface area contributed by atoms with E-state index in [2.05, 4.69) is 0 Å².